The van der Waals surface area contributed by atoms with Gasteiger partial charge in [0.25, 0.3) is 0 Å². The Labute approximate surface area is 119 Å². The van der Waals surface area contributed by atoms with Crippen molar-refractivity contribution in [3.05, 3.63) is 18.0 Å². The van der Waals surface area contributed by atoms with E-state index in [1.807, 2.05) is 24.7 Å². The lowest BCUT2D eigenvalue weighted by Gasteiger charge is -2.23. The highest BCUT2D eigenvalue weighted by Gasteiger charge is 2.23. The summed E-state index contributed by atoms with van der Waals surface area (Å²) in [5.74, 6) is -0.100. The van der Waals surface area contributed by atoms with Gasteiger partial charge in [-0.15, -0.1) is 11.6 Å². The van der Waals surface area contributed by atoms with Gasteiger partial charge in [0.05, 0.1) is 6.20 Å². The van der Waals surface area contributed by atoms with Gasteiger partial charge in [0.1, 0.15) is 5.38 Å². The number of halogens is 1. The minimum absolute atomic E-state index is 0.100. The number of hydrogen-bond acceptors (Lipinski definition) is 2. The summed E-state index contributed by atoms with van der Waals surface area (Å²) in [5.41, 5.74) is 0.767. The van der Waals surface area contributed by atoms with Crippen LogP contribution >= 0.6 is 11.6 Å². The normalized spacial score (nSPS) is 18.5. The molecule has 1 unspecified atom stereocenters. The monoisotopic (exact) mass is 283 g/mol. The molecule has 1 saturated carbocycles. The van der Waals surface area contributed by atoms with Gasteiger partial charge in [0, 0.05) is 23.8 Å². The van der Waals surface area contributed by atoms with Crippen LogP contribution in [0.4, 0.5) is 0 Å². The highest BCUT2D eigenvalue weighted by Crippen LogP contribution is 2.23. The molecule has 2 rings (SSSR count). The van der Waals surface area contributed by atoms with Crippen molar-refractivity contribution in [3.8, 4) is 0 Å². The number of carbonyl (C=O) groups is 1. The van der Waals surface area contributed by atoms with Gasteiger partial charge in [0.15, 0.2) is 0 Å². The number of aromatic nitrogens is 2. The van der Waals surface area contributed by atoms with Crippen LogP contribution in [0, 0.1) is 0 Å². The minimum atomic E-state index is -0.644. The van der Waals surface area contributed by atoms with E-state index in [-0.39, 0.29) is 11.9 Å². The van der Waals surface area contributed by atoms with E-state index < -0.39 is 5.38 Å². The summed E-state index contributed by atoms with van der Waals surface area (Å²) in [6.45, 7) is 4.09. The van der Waals surface area contributed by atoms with Crippen LogP contribution < -0.4 is 5.32 Å². The fourth-order valence-electron chi connectivity index (χ4n) is 2.44. The third-order valence-corrected chi connectivity index (χ3v) is 4.08. The van der Waals surface area contributed by atoms with E-state index in [1.165, 1.54) is 19.3 Å². The fourth-order valence-corrected chi connectivity index (χ4v) is 2.61. The van der Waals surface area contributed by atoms with Crippen LogP contribution in [-0.2, 0) is 4.79 Å². The van der Waals surface area contributed by atoms with E-state index in [1.54, 1.807) is 6.20 Å². The highest BCUT2D eigenvalue weighted by atomic mass is 35.5. The van der Waals surface area contributed by atoms with Crippen LogP contribution in [-0.4, -0.2) is 21.7 Å². The largest absolute Gasteiger partial charge is 0.352 e. The van der Waals surface area contributed by atoms with E-state index in [9.17, 15) is 4.79 Å². The van der Waals surface area contributed by atoms with Crippen LogP contribution in [0.15, 0.2) is 12.4 Å². The van der Waals surface area contributed by atoms with Crippen molar-refractivity contribution < 1.29 is 4.79 Å². The highest BCUT2D eigenvalue weighted by molar-refractivity contribution is 6.30. The number of carbonyl (C=O) groups excluding carboxylic acids is 1. The molecule has 1 aromatic rings. The summed E-state index contributed by atoms with van der Waals surface area (Å²) in [4.78, 5) is 12.1. The predicted molar refractivity (Wildman–Crippen MR) is 76.2 cm³/mol. The molecule has 0 aromatic carbocycles. The molecule has 1 N–H and O–H groups in total. The average molecular weight is 284 g/mol. The molecule has 1 aliphatic carbocycles. The summed E-state index contributed by atoms with van der Waals surface area (Å²) in [5, 5.41) is 6.62. The van der Waals surface area contributed by atoms with Crippen molar-refractivity contribution in [1.29, 1.82) is 0 Å². The first kappa shape index (κ1) is 14.4. The second kappa shape index (κ2) is 6.42. The summed E-state index contributed by atoms with van der Waals surface area (Å²) in [7, 11) is 0. The van der Waals surface area contributed by atoms with Crippen molar-refractivity contribution in [2.45, 2.75) is 63.4 Å². The first-order valence-electron chi connectivity index (χ1n) is 7.06. The van der Waals surface area contributed by atoms with E-state index >= 15 is 0 Å². The van der Waals surface area contributed by atoms with E-state index in [2.05, 4.69) is 10.4 Å². The van der Waals surface area contributed by atoms with Crippen LogP contribution in [0.25, 0.3) is 0 Å². The number of alkyl halides is 1. The summed E-state index contributed by atoms with van der Waals surface area (Å²) >= 11 is 6.23. The van der Waals surface area contributed by atoms with Gasteiger partial charge in [-0.2, -0.15) is 5.10 Å². The molecule has 0 spiro atoms. The lowest BCUT2D eigenvalue weighted by atomic mass is 9.95. The molecule has 0 radical (unpaired) electrons. The first-order valence-corrected chi connectivity index (χ1v) is 7.50. The Morgan fingerprint density at radius 2 is 2.11 bits per heavy atom. The molecule has 5 heteroatoms. The summed E-state index contributed by atoms with van der Waals surface area (Å²) in [6.07, 6.45) is 9.34. The maximum Gasteiger partial charge on any atom is 0.242 e. The van der Waals surface area contributed by atoms with Gasteiger partial charge in [0.2, 0.25) is 5.91 Å². The minimum Gasteiger partial charge on any atom is -0.352 e. The second-order valence-corrected chi connectivity index (χ2v) is 5.99. The van der Waals surface area contributed by atoms with E-state index in [4.69, 9.17) is 11.6 Å². The molecule has 1 atom stereocenters. The summed E-state index contributed by atoms with van der Waals surface area (Å²) in [6, 6.07) is 0.571. The Hall–Kier alpha value is -1.03. The van der Waals surface area contributed by atoms with Crippen LogP contribution in [0.5, 0.6) is 0 Å². The molecule has 1 heterocycles. The number of nitrogens with one attached hydrogen (secondary N) is 1. The smallest absolute Gasteiger partial charge is 0.242 e. The lowest BCUT2D eigenvalue weighted by molar-refractivity contribution is -0.121. The molecule has 0 saturated heterocycles. The van der Waals surface area contributed by atoms with Gasteiger partial charge in [-0.25, -0.2) is 0 Å². The molecule has 19 heavy (non-hydrogen) atoms. The van der Waals surface area contributed by atoms with Gasteiger partial charge in [-0.3, -0.25) is 9.48 Å². The number of nitrogens with zero attached hydrogens (tertiary/aromatic N) is 2. The van der Waals surface area contributed by atoms with Crippen molar-refractivity contribution in [2.24, 2.45) is 0 Å². The zero-order chi connectivity index (χ0) is 13.8. The number of hydrogen-bond donors (Lipinski definition) is 1. The number of amides is 1. The zero-order valence-corrected chi connectivity index (χ0v) is 12.4. The quantitative estimate of drug-likeness (QED) is 0.863. The molecule has 0 aliphatic heterocycles. The Kier molecular flexibility index (Phi) is 4.86. The maximum atomic E-state index is 12.1. The molecule has 4 nitrogen and oxygen atoms in total. The predicted octanol–water partition coefficient (Wildman–Crippen LogP) is 3.19. The Morgan fingerprint density at radius 3 is 2.68 bits per heavy atom. The molecule has 1 aromatic heterocycles. The van der Waals surface area contributed by atoms with Gasteiger partial charge >= 0.3 is 0 Å². The molecule has 1 aliphatic rings. The van der Waals surface area contributed by atoms with Crippen molar-refractivity contribution in [1.82, 2.24) is 15.1 Å². The fraction of sp³-hybridized carbons (Fsp3) is 0.714. The average Bonchev–Trinajstić information content (AvgIpc) is 2.88. The van der Waals surface area contributed by atoms with Gasteiger partial charge < -0.3 is 5.32 Å². The Bertz CT molecular complexity index is 424. The Morgan fingerprint density at radius 1 is 1.42 bits per heavy atom. The van der Waals surface area contributed by atoms with E-state index in [0.29, 0.717) is 6.04 Å². The third kappa shape index (κ3) is 3.72. The lowest BCUT2D eigenvalue weighted by Crippen LogP contribution is -2.37. The maximum absolute atomic E-state index is 12.1. The summed E-state index contributed by atoms with van der Waals surface area (Å²) < 4.78 is 1.82. The van der Waals surface area contributed by atoms with Gasteiger partial charge in [-0.05, 0) is 26.7 Å². The SMILES string of the molecule is CC(C)n1cc(C(Cl)C(=O)NC2CCCCC2)cn1. The van der Waals surface area contributed by atoms with Crippen LogP contribution in [0.2, 0.25) is 0 Å². The number of rotatable bonds is 4. The standard InChI is InChI=1S/C14H22ClN3O/c1-10(2)18-9-11(8-16-18)13(15)14(19)17-12-6-4-3-5-7-12/h8-10,12-13H,3-7H2,1-2H3,(H,17,19). The van der Waals surface area contributed by atoms with Gasteiger partial charge in [-0.1, -0.05) is 19.3 Å². The third-order valence-electron chi connectivity index (χ3n) is 3.62. The van der Waals surface area contributed by atoms with Crippen molar-refractivity contribution in [2.75, 3.05) is 0 Å². The second-order valence-electron chi connectivity index (χ2n) is 5.55. The molecular weight excluding hydrogens is 262 g/mol. The molecule has 1 amide bonds. The molecule has 0 bridgehead atoms. The van der Waals surface area contributed by atoms with Crippen molar-refractivity contribution >= 4 is 17.5 Å². The Balaban J connectivity index is 1.93. The van der Waals surface area contributed by atoms with Crippen LogP contribution in [0.1, 0.15) is 62.9 Å². The molecular formula is C14H22ClN3O. The molecule has 106 valence electrons. The zero-order valence-electron chi connectivity index (χ0n) is 11.6. The topological polar surface area (TPSA) is 46.9 Å². The van der Waals surface area contributed by atoms with Crippen LogP contribution in [0.3, 0.4) is 0 Å². The van der Waals surface area contributed by atoms with Crippen molar-refractivity contribution in [3.63, 3.8) is 0 Å². The van der Waals surface area contributed by atoms with E-state index in [0.717, 1.165) is 18.4 Å². The molecule has 1 fully saturated rings. The first-order chi connectivity index (χ1) is 9.08.